The third-order valence-corrected chi connectivity index (χ3v) is 7.42. The van der Waals surface area contributed by atoms with Gasteiger partial charge in [0.15, 0.2) is 0 Å². The summed E-state index contributed by atoms with van der Waals surface area (Å²) in [5.74, 6) is -0.686. The first-order valence-electron chi connectivity index (χ1n) is 14.7. The lowest BCUT2D eigenvalue weighted by atomic mass is 9.91. The number of aryl methyl sites for hydroxylation is 1. The van der Waals surface area contributed by atoms with Crippen molar-refractivity contribution in [3.63, 3.8) is 0 Å². The molecule has 0 spiro atoms. The lowest BCUT2D eigenvalue weighted by Gasteiger charge is -2.40. The van der Waals surface area contributed by atoms with Gasteiger partial charge in [0.25, 0.3) is 5.97 Å². The molecule has 35 heavy (non-hydrogen) atoms. The van der Waals surface area contributed by atoms with E-state index in [1.807, 2.05) is 0 Å². The average molecular weight is 556 g/mol. The van der Waals surface area contributed by atoms with Crippen LogP contribution in [0.3, 0.4) is 0 Å². The summed E-state index contributed by atoms with van der Waals surface area (Å²) >= 11 is 3.56. The smallest absolute Gasteiger partial charge is 0.285 e. The monoisotopic (exact) mass is 554 g/mol. The number of hydrogen-bond acceptors (Lipinski definition) is 3. The van der Waals surface area contributed by atoms with Crippen LogP contribution in [0.15, 0.2) is 24.3 Å². The van der Waals surface area contributed by atoms with Gasteiger partial charge in [0.05, 0.1) is 19.8 Å². The highest BCUT2D eigenvalue weighted by Gasteiger charge is 2.42. The van der Waals surface area contributed by atoms with Crippen molar-refractivity contribution in [1.29, 1.82) is 0 Å². The summed E-state index contributed by atoms with van der Waals surface area (Å²) in [5.41, 5.74) is 2.70. The Bertz CT molecular complexity index is 563. The topological polar surface area (TPSA) is 27.7 Å². The van der Waals surface area contributed by atoms with Crippen molar-refractivity contribution >= 4 is 15.9 Å². The van der Waals surface area contributed by atoms with E-state index in [0.29, 0.717) is 19.8 Å². The van der Waals surface area contributed by atoms with Crippen LogP contribution in [0.2, 0.25) is 0 Å². The fraction of sp³-hybridized carbons (Fsp3) is 0.806. The van der Waals surface area contributed by atoms with Gasteiger partial charge in [-0.05, 0) is 49.7 Å². The van der Waals surface area contributed by atoms with Gasteiger partial charge >= 0.3 is 0 Å². The summed E-state index contributed by atoms with van der Waals surface area (Å²) in [7, 11) is 0. The fourth-order valence-electron chi connectivity index (χ4n) is 4.36. The van der Waals surface area contributed by atoms with E-state index >= 15 is 0 Å². The molecule has 0 heterocycles. The van der Waals surface area contributed by atoms with E-state index in [9.17, 15) is 0 Å². The van der Waals surface area contributed by atoms with Crippen molar-refractivity contribution in [3.05, 3.63) is 35.4 Å². The molecule has 1 unspecified atom stereocenters. The van der Waals surface area contributed by atoms with E-state index in [4.69, 9.17) is 14.2 Å². The first-order chi connectivity index (χ1) is 17.2. The number of alkyl halides is 1. The molecule has 0 aliphatic rings. The average Bonchev–Trinajstić information content (AvgIpc) is 2.88. The molecule has 1 aromatic carbocycles. The zero-order valence-corrected chi connectivity index (χ0v) is 25.0. The maximum Gasteiger partial charge on any atom is 0.285 e. The molecule has 3 nitrogen and oxygen atoms in total. The van der Waals surface area contributed by atoms with E-state index in [2.05, 4.69) is 67.9 Å². The molecule has 4 heteroatoms. The molecule has 0 N–H and O–H groups in total. The third kappa shape index (κ3) is 14.2. The van der Waals surface area contributed by atoms with Crippen molar-refractivity contribution in [2.24, 2.45) is 5.92 Å². The van der Waals surface area contributed by atoms with Crippen molar-refractivity contribution in [1.82, 2.24) is 0 Å². The van der Waals surface area contributed by atoms with Gasteiger partial charge in [-0.3, -0.25) is 0 Å². The van der Waals surface area contributed by atoms with Gasteiger partial charge in [-0.15, -0.1) is 0 Å². The molecule has 0 radical (unpaired) electrons. The summed E-state index contributed by atoms with van der Waals surface area (Å²) in [4.78, 5) is 0. The largest absolute Gasteiger partial charge is 0.327 e. The predicted octanol–water partition coefficient (Wildman–Crippen LogP) is 9.98. The summed E-state index contributed by atoms with van der Waals surface area (Å²) in [6.45, 7) is 11.0. The Balaban J connectivity index is 3.05. The van der Waals surface area contributed by atoms with Gasteiger partial charge in [0.1, 0.15) is 0 Å². The molecule has 0 saturated heterocycles. The second-order valence-corrected chi connectivity index (χ2v) is 10.5. The van der Waals surface area contributed by atoms with E-state index in [0.717, 1.165) is 63.1 Å². The van der Waals surface area contributed by atoms with Crippen LogP contribution in [-0.2, 0) is 26.0 Å². The van der Waals surface area contributed by atoms with Crippen LogP contribution in [0.4, 0.5) is 0 Å². The Morgan fingerprint density at radius 2 is 1.06 bits per heavy atom. The quantitative estimate of drug-likeness (QED) is 0.0722. The summed E-state index contributed by atoms with van der Waals surface area (Å²) in [6, 6.07) is 9.00. The minimum Gasteiger partial charge on any atom is -0.327 e. The fourth-order valence-corrected chi connectivity index (χ4v) is 4.73. The van der Waals surface area contributed by atoms with Crippen LogP contribution in [0, 0.1) is 5.92 Å². The van der Waals surface area contributed by atoms with Crippen molar-refractivity contribution in [3.8, 4) is 0 Å². The van der Waals surface area contributed by atoms with E-state index in [1.54, 1.807) is 0 Å². The van der Waals surface area contributed by atoms with Gasteiger partial charge in [0.2, 0.25) is 0 Å². The normalized spacial score (nSPS) is 12.8. The van der Waals surface area contributed by atoms with Gasteiger partial charge in [-0.2, -0.15) is 0 Å². The number of halogens is 1. The predicted molar refractivity (Wildman–Crippen MR) is 154 cm³/mol. The Hall–Kier alpha value is -0.420. The number of ether oxygens (including phenoxy) is 3. The molecule has 0 amide bonds. The van der Waals surface area contributed by atoms with Gasteiger partial charge in [0, 0.05) is 11.2 Å². The molecule has 0 aromatic heterocycles. The van der Waals surface area contributed by atoms with Crippen LogP contribution in [0.25, 0.3) is 0 Å². The van der Waals surface area contributed by atoms with Crippen molar-refractivity contribution in [2.45, 2.75) is 135 Å². The van der Waals surface area contributed by atoms with Crippen molar-refractivity contribution < 1.29 is 14.2 Å². The molecular formula is C31H55BrO3. The molecule has 1 atom stereocenters. The van der Waals surface area contributed by atoms with Gasteiger partial charge < -0.3 is 14.2 Å². The van der Waals surface area contributed by atoms with Crippen LogP contribution in [0.5, 0.6) is 0 Å². The summed E-state index contributed by atoms with van der Waals surface area (Å²) in [5, 5.41) is 0.902. The second-order valence-electron chi connectivity index (χ2n) is 9.95. The molecule has 0 aliphatic heterocycles. The first-order valence-corrected chi connectivity index (χ1v) is 15.8. The van der Waals surface area contributed by atoms with Crippen LogP contribution in [0.1, 0.15) is 129 Å². The Labute approximate surface area is 226 Å². The standard InChI is InChI=1S/C31H55BrO3/c1-5-9-13-14-15-16-17-30(23-22-28-18-20-29(27-32)21-19-28)31(33-24-10-6-2,34-25-11-7-3)35-26-12-8-4/h18-21,30H,5-17,22-27H2,1-4H3. The van der Waals surface area contributed by atoms with Gasteiger partial charge in [-0.1, -0.05) is 126 Å². The van der Waals surface area contributed by atoms with Gasteiger partial charge in [-0.25, -0.2) is 0 Å². The summed E-state index contributed by atoms with van der Waals surface area (Å²) in [6.07, 6.45) is 17.4. The molecule has 0 aliphatic carbocycles. The van der Waals surface area contributed by atoms with E-state index in [1.165, 1.54) is 49.7 Å². The van der Waals surface area contributed by atoms with E-state index in [-0.39, 0.29) is 5.92 Å². The van der Waals surface area contributed by atoms with Crippen LogP contribution in [-0.4, -0.2) is 25.8 Å². The number of unbranched alkanes of at least 4 members (excludes halogenated alkanes) is 8. The van der Waals surface area contributed by atoms with Crippen molar-refractivity contribution in [2.75, 3.05) is 19.8 Å². The highest BCUT2D eigenvalue weighted by atomic mass is 79.9. The molecule has 1 rings (SSSR count). The number of benzene rings is 1. The molecular weight excluding hydrogens is 500 g/mol. The molecule has 0 fully saturated rings. The third-order valence-electron chi connectivity index (χ3n) is 6.77. The number of rotatable bonds is 24. The SMILES string of the molecule is CCCCCCCCC(CCc1ccc(CBr)cc1)C(OCCCC)(OCCCC)OCCCC. The minimum atomic E-state index is -0.918. The van der Waals surface area contributed by atoms with Crippen LogP contribution >= 0.6 is 15.9 Å². The summed E-state index contributed by atoms with van der Waals surface area (Å²) < 4.78 is 19.8. The lowest BCUT2D eigenvalue weighted by Crippen LogP contribution is -2.47. The lowest BCUT2D eigenvalue weighted by molar-refractivity contribution is -0.407. The first kappa shape index (κ1) is 32.6. The Kier molecular flexibility index (Phi) is 20.2. The zero-order valence-electron chi connectivity index (χ0n) is 23.4. The molecule has 1 aromatic rings. The zero-order chi connectivity index (χ0) is 25.6. The maximum atomic E-state index is 6.60. The Morgan fingerprint density at radius 3 is 1.54 bits per heavy atom. The molecule has 0 bridgehead atoms. The van der Waals surface area contributed by atoms with E-state index < -0.39 is 5.97 Å². The highest BCUT2D eigenvalue weighted by molar-refractivity contribution is 9.08. The maximum absolute atomic E-state index is 6.60. The minimum absolute atomic E-state index is 0.232. The second kappa shape index (κ2) is 21.6. The number of hydrogen-bond donors (Lipinski definition) is 0. The highest BCUT2D eigenvalue weighted by Crippen LogP contribution is 2.35. The Morgan fingerprint density at radius 1 is 0.600 bits per heavy atom. The molecule has 0 saturated carbocycles. The molecule has 204 valence electrons. The van der Waals surface area contributed by atoms with Crippen LogP contribution < -0.4 is 0 Å².